The first-order valence-corrected chi connectivity index (χ1v) is 9.60. The van der Waals surface area contributed by atoms with Gasteiger partial charge in [-0.05, 0) is 50.2 Å². The Kier molecular flexibility index (Phi) is 5.61. The summed E-state index contributed by atoms with van der Waals surface area (Å²) in [6.07, 6.45) is 3.16. The van der Waals surface area contributed by atoms with E-state index in [0.29, 0.717) is 34.4 Å². The first-order chi connectivity index (χ1) is 15.0. The first kappa shape index (κ1) is 20.1. The number of nitrogens with one attached hydrogen (secondary N) is 1. The summed E-state index contributed by atoms with van der Waals surface area (Å²) in [6.45, 7) is 3.92. The average Bonchev–Trinajstić information content (AvgIpc) is 3.13. The Balaban J connectivity index is 1.46. The minimum atomic E-state index is -0.252. The summed E-state index contributed by atoms with van der Waals surface area (Å²) in [4.78, 5) is 25.3. The van der Waals surface area contributed by atoms with Gasteiger partial charge in [0.05, 0.1) is 18.4 Å². The molecule has 0 aliphatic carbocycles. The molecular formula is C23H21N5O3. The minimum absolute atomic E-state index is 0.252. The van der Waals surface area contributed by atoms with Crippen LogP contribution in [0.25, 0.3) is 5.82 Å². The summed E-state index contributed by atoms with van der Waals surface area (Å²) in [5, 5.41) is 2.85. The van der Waals surface area contributed by atoms with Crippen LogP contribution in [0.1, 0.15) is 21.7 Å². The molecule has 2 aromatic carbocycles. The van der Waals surface area contributed by atoms with Crippen LogP contribution in [0, 0.1) is 13.8 Å². The molecule has 4 rings (SSSR count). The highest BCUT2D eigenvalue weighted by atomic mass is 16.5. The van der Waals surface area contributed by atoms with Gasteiger partial charge in [0, 0.05) is 17.4 Å². The van der Waals surface area contributed by atoms with Gasteiger partial charge in [0.1, 0.15) is 30.0 Å². The number of ether oxygens (including phenoxy) is 2. The smallest absolute Gasteiger partial charge is 0.259 e. The first-order valence-electron chi connectivity index (χ1n) is 9.60. The van der Waals surface area contributed by atoms with Gasteiger partial charge in [0.25, 0.3) is 5.91 Å². The number of hydrogen-bond acceptors (Lipinski definition) is 6. The number of aryl methyl sites for hydroxylation is 1. The van der Waals surface area contributed by atoms with E-state index in [1.54, 1.807) is 54.9 Å². The number of rotatable bonds is 6. The monoisotopic (exact) mass is 415 g/mol. The van der Waals surface area contributed by atoms with E-state index < -0.39 is 0 Å². The van der Waals surface area contributed by atoms with Crippen molar-refractivity contribution in [2.45, 2.75) is 13.8 Å². The Labute approximate surface area is 179 Å². The fourth-order valence-corrected chi connectivity index (χ4v) is 3.00. The van der Waals surface area contributed by atoms with Gasteiger partial charge in [-0.15, -0.1) is 0 Å². The summed E-state index contributed by atoms with van der Waals surface area (Å²) in [5.74, 6) is 1.92. The van der Waals surface area contributed by atoms with Crippen LogP contribution in [-0.4, -0.2) is 32.5 Å². The molecule has 4 aromatic rings. The predicted molar refractivity (Wildman–Crippen MR) is 116 cm³/mol. The van der Waals surface area contributed by atoms with Crippen molar-refractivity contribution in [3.63, 3.8) is 0 Å². The molecule has 0 atom stereocenters. The molecule has 0 aliphatic rings. The zero-order valence-corrected chi connectivity index (χ0v) is 17.4. The second-order valence-corrected chi connectivity index (χ2v) is 6.78. The quantitative estimate of drug-likeness (QED) is 0.504. The van der Waals surface area contributed by atoms with Crippen molar-refractivity contribution in [2.75, 3.05) is 12.4 Å². The Morgan fingerprint density at radius 1 is 1.00 bits per heavy atom. The van der Waals surface area contributed by atoms with Crippen molar-refractivity contribution in [3.8, 4) is 23.2 Å². The van der Waals surface area contributed by atoms with E-state index in [1.807, 2.05) is 24.5 Å². The predicted octanol–water partition coefficient (Wildman–Crippen LogP) is 4.33. The van der Waals surface area contributed by atoms with Gasteiger partial charge in [-0.3, -0.25) is 9.36 Å². The van der Waals surface area contributed by atoms with E-state index >= 15 is 0 Å². The van der Waals surface area contributed by atoms with Gasteiger partial charge >= 0.3 is 0 Å². The number of hydrogen-bond donors (Lipinski definition) is 1. The number of para-hydroxylation sites is 1. The number of amides is 1. The molecule has 2 heterocycles. The lowest BCUT2D eigenvalue weighted by atomic mass is 10.2. The molecular weight excluding hydrogens is 394 g/mol. The fraction of sp³-hybridized carbons (Fsp3) is 0.130. The van der Waals surface area contributed by atoms with E-state index in [1.165, 1.54) is 13.4 Å². The lowest BCUT2D eigenvalue weighted by molar-refractivity contribution is 0.102. The van der Waals surface area contributed by atoms with E-state index in [0.717, 1.165) is 11.4 Å². The number of aromatic nitrogens is 4. The van der Waals surface area contributed by atoms with Crippen LogP contribution in [0.3, 0.4) is 0 Å². The molecule has 0 saturated carbocycles. The number of nitrogens with zero attached hydrogens (tertiary/aromatic N) is 4. The van der Waals surface area contributed by atoms with E-state index in [9.17, 15) is 4.79 Å². The molecule has 0 radical (unpaired) electrons. The average molecular weight is 415 g/mol. The molecule has 0 bridgehead atoms. The van der Waals surface area contributed by atoms with Gasteiger partial charge in [0.2, 0.25) is 5.88 Å². The van der Waals surface area contributed by atoms with E-state index in [2.05, 4.69) is 20.3 Å². The van der Waals surface area contributed by atoms with Crippen LogP contribution in [0.15, 0.2) is 67.3 Å². The van der Waals surface area contributed by atoms with Crippen LogP contribution in [0.4, 0.5) is 5.69 Å². The molecule has 8 heteroatoms. The highest BCUT2D eigenvalue weighted by molar-refractivity contribution is 6.06. The van der Waals surface area contributed by atoms with Crippen molar-refractivity contribution in [1.82, 2.24) is 19.5 Å². The zero-order chi connectivity index (χ0) is 21.8. The number of carbonyl (C=O) groups excluding carboxylic acids is 1. The molecule has 2 aromatic heterocycles. The molecule has 156 valence electrons. The number of carbonyl (C=O) groups is 1. The van der Waals surface area contributed by atoms with Crippen molar-refractivity contribution in [1.29, 1.82) is 0 Å². The largest absolute Gasteiger partial charge is 0.496 e. The standard InChI is InChI=1S/C23H21N5O3/c1-15-16(2)28(14-26-15)21-12-22(25-13-24-21)31-18-10-8-17(9-11-18)27-23(29)19-6-4-5-7-20(19)30-3/h4-14H,1-3H3,(H,27,29). The van der Waals surface area contributed by atoms with Crippen molar-refractivity contribution in [2.24, 2.45) is 0 Å². The van der Waals surface area contributed by atoms with E-state index in [-0.39, 0.29) is 5.91 Å². The minimum Gasteiger partial charge on any atom is -0.496 e. The molecule has 0 spiro atoms. The van der Waals surface area contributed by atoms with Crippen LogP contribution in [-0.2, 0) is 0 Å². The van der Waals surface area contributed by atoms with E-state index in [4.69, 9.17) is 9.47 Å². The molecule has 8 nitrogen and oxygen atoms in total. The molecule has 0 saturated heterocycles. The van der Waals surface area contributed by atoms with Crippen molar-refractivity contribution >= 4 is 11.6 Å². The number of imidazole rings is 1. The third-order valence-corrected chi connectivity index (χ3v) is 4.81. The fourth-order valence-electron chi connectivity index (χ4n) is 3.00. The molecule has 0 fully saturated rings. The Bertz CT molecular complexity index is 1220. The highest BCUT2D eigenvalue weighted by Gasteiger charge is 2.12. The Hall–Kier alpha value is -4.20. The number of benzene rings is 2. The van der Waals surface area contributed by atoms with Gasteiger partial charge < -0.3 is 14.8 Å². The van der Waals surface area contributed by atoms with Gasteiger partial charge in [-0.1, -0.05) is 12.1 Å². The number of anilines is 1. The summed E-state index contributed by atoms with van der Waals surface area (Å²) < 4.78 is 13.0. The number of methoxy groups -OCH3 is 1. The molecule has 0 aliphatic heterocycles. The summed E-state index contributed by atoms with van der Waals surface area (Å²) in [7, 11) is 1.53. The maximum absolute atomic E-state index is 12.5. The highest BCUT2D eigenvalue weighted by Crippen LogP contribution is 2.24. The summed E-state index contributed by atoms with van der Waals surface area (Å²) in [5.41, 5.74) is 3.03. The van der Waals surface area contributed by atoms with Crippen LogP contribution in [0.5, 0.6) is 17.4 Å². The lowest BCUT2D eigenvalue weighted by Crippen LogP contribution is -2.12. The second kappa shape index (κ2) is 8.66. The third-order valence-electron chi connectivity index (χ3n) is 4.81. The summed E-state index contributed by atoms with van der Waals surface area (Å²) >= 11 is 0. The maximum atomic E-state index is 12.5. The summed E-state index contributed by atoms with van der Waals surface area (Å²) in [6, 6.07) is 15.8. The van der Waals surface area contributed by atoms with Crippen LogP contribution in [0.2, 0.25) is 0 Å². The van der Waals surface area contributed by atoms with Crippen LogP contribution >= 0.6 is 0 Å². The molecule has 0 unspecified atom stereocenters. The zero-order valence-electron chi connectivity index (χ0n) is 17.4. The SMILES string of the molecule is COc1ccccc1C(=O)Nc1ccc(Oc2cc(-n3cnc(C)c3C)ncn2)cc1. The van der Waals surface area contributed by atoms with Gasteiger partial charge in [0.15, 0.2) is 0 Å². The Morgan fingerprint density at radius 3 is 2.48 bits per heavy atom. The normalized spacial score (nSPS) is 10.5. The lowest BCUT2D eigenvalue weighted by Gasteiger charge is -2.10. The van der Waals surface area contributed by atoms with Crippen LogP contribution < -0.4 is 14.8 Å². The van der Waals surface area contributed by atoms with Crippen molar-refractivity contribution < 1.29 is 14.3 Å². The van der Waals surface area contributed by atoms with Gasteiger partial charge in [-0.25, -0.2) is 15.0 Å². The second-order valence-electron chi connectivity index (χ2n) is 6.78. The maximum Gasteiger partial charge on any atom is 0.259 e. The molecule has 1 N–H and O–H groups in total. The van der Waals surface area contributed by atoms with Gasteiger partial charge in [-0.2, -0.15) is 0 Å². The van der Waals surface area contributed by atoms with Crippen molar-refractivity contribution in [3.05, 3.63) is 84.2 Å². The third kappa shape index (κ3) is 4.37. The molecule has 1 amide bonds. The molecule has 31 heavy (non-hydrogen) atoms. The topological polar surface area (TPSA) is 91.2 Å². The Morgan fingerprint density at radius 2 is 1.77 bits per heavy atom.